The molecule has 0 saturated carbocycles. The minimum Gasteiger partial charge on any atom is -0.302 e. The molecule has 0 heterocycles. The molecule has 0 aromatic heterocycles. The molecule has 0 amide bonds. The largest absolute Gasteiger partial charge is 0.524 e. The maximum absolute atomic E-state index is 11.4. The first-order valence-corrected chi connectivity index (χ1v) is 10.0. The Morgan fingerprint density at radius 1 is 0.895 bits per heavy atom. The van der Waals surface area contributed by atoms with E-state index < -0.39 is 36.7 Å². The predicted molar refractivity (Wildman–Crippen MR) is 62.3 cm³/mol. The summed E-state index contributed by atoms with van der Waals surface area (Å²) >= 11 is 0. The maximum Gasteiger partial charge on any atom is 0.524 e. The standard InChI is InChI=1S/C4H12O11P4/c1-4(2,3)16(5)13-18(9,10)15-19(11,12)14-17(6,7)8/h1-3H3,(H3-,6,7,8,9,10,11,12)/p+1. The molecule has 0 rings (SSSR count). The van der Waals surface area contributed by atoms with E-state index in [4.69, 9.17) is 19.6 Å². The average molecular weight is 361 g/mol. The van der Waals surface area contributed by atoms with Gasteiger partial charge >= 0.3 is 31.5 Å². The van der Waals surface area contributed by atoms with Crippen molar-refractivity contribution in [3.63, 3.8) is 0 Å². The molecule has 0 aliphatic rings. The summed E-state index contributed by atoms with van der Waals surface area (Å²) in [4.78, 5) is 34.4. The van der Waals surface area contributed by atoms with Crippen molar-refractivity contribution in [3.05, 3.63) is 0 Å². The second kappa shape index (κ2) is 6.10. The third-order valence-electron chi connectivity index (χ3n) is 1.14. The van der Waals surface area contributed by atoms with Crippen molar-refractivity contribution in [1.82, 2.24) is 0 Å². The van der Waals surface area contributed by atoms with E-state index in [1.165, 1.54) is 20.8 Å². The van der Waals surface area contributed by atoms with Crippen LogP contribution in [0.4, 0.5) is 0 Å². The van der Waals surface area contributed by atoms with Gasteiger partial charge in [0, 0.05) is 0 Å². The molecule has 3 atom stereocenters. The molecule has 0 fully saturated rings. The Balaban J connectivity index is 4.89. The fourth-order valence-corrected chi connectivity index (χ4v) is 5.13. The second-order valence-corrected chi connectivity index (χ2v) is 10.8. The Hall–Kier alpha value is 0.510. The third-order valence-corrected chi connectivity index (χ3v) is 6.98. The van der Waals surface area contributed by atoms with E-state index in [-0.39, 0.29) is 0 Å². The van der Waals surface area contributed by atoms with Crippen LogP contribution < -0.4 is 0 Å². The molecule has 0 saturated heterocycles. The van der Waals surface area contributed by atoms with Crippen LogP contribution in [-0.4, -0.2) is 24.7 Å². The zero-order chi connectivity index (χ0) is 15.7. The molecular formula is C4H13O11P4+. The fourth-order valence-electron chi connectivity index (χ4n) is 0.511. The van der Waals surface area contributed by atoms with Gasteiger partial charge in [0.2, 0.25) is 0 Å². The molecule has 114 valence electrons. The number of hydrogen-bond donors (Lipinski definition) is 4. The normalized spacial score (nSPS) is 20.5. The zero-order valence-corrected chi connectivity index (χ0v) is 13.5. The highest BCUT2D eigenvalue weighted by Gasteiger charge is 2.49. The van der Waals surface area contributed by atoms with Crippen LogP contribution in [0, 0.1) is 0 Å². The summed E-state index contributed by atoms with van der Waals surface area (Å²) in [6.07, 6.45) is 0. The Kier molecular flexibility index (Phi) is 6.26. The van der Waals surface area contributed by atoms with Crippen LogP contribution in [0.3, 0.4) is 0 Å². The van der Waals surface area contributed by atoms with E-state index in [1.807, 2.05) is 0 Å². The van der Waals surface area contributed by atoms with Gasteiger partial charge < -0.3 is 14.7 Å². The lowest BCUT2D eigenvalue weighted by atomic mass is 10.3. The van der Waals surface area contributed by atoms with Crippen LogP contribution >= 0.6 is 31.5 Å². The van der Waals surface area contributed by atoms with Crippen molar-refractivity contribution in [2.24, 2.45) is 0 Å². The van der Waals surface area contributed by atoms with Crippen LogP contribution in [0.5, 0.6) is 0 Å². The first kappa shape index (κ1) is 19.5. The molecule has 4 N–H and O–H groups in total. The molecule has 0 aromatic rings. The highest BCUT2D eigenvalue weighted by molar-refractivity contribution is 7.68. The smallest absolute Gasteiger partial charge is 0.302 e. The van der Waals surface area contributed by atoms with E-state index in [9.17, 15) is 18.3 Å². The van der Waals surface area contributed by atoms with Gasteiger partial charge in [-0.3, -0.25) is 4.89 Å². The van der Waals surface area contributed by atoms with Gasteiger partial charge in [0.25, 0.3) is 0 Å². The Labute approximate surface area is 109 Å². The van der Waals surface area contributed by atoms with Gasteiger partial charge in [0.05, 0.1) is 0 Å². The summed E-state index contributed by atoms with van der Waals surface area (Å²) in [5, 5.41) is -1.07. The van der Waals surface area contributed by atoms with Crippen LogP contribution in [0.25, 0.3) is 0 Å². The summed E-state index contributed by atoms with van der Waals surface area (Å²) in [5.41, 5.74) is 0. The fraction of sp³-hybridized carbons (Fsp3) is 1.00. The lowest BCUT2D eigenvalue weighted by molar-refractivity contribution is 0.207. The Morgan fingerprint density at radius 3 is 1.63 bits per heavy atom. The molecular weight excluding hydrogens is 348 g/mol. The van der Waals surface area contributed by atoms with Crippen molar-refractivity contribution in [2.45, 2.75) is 25.9 Å². The van der Waals surface area contributed by atoms with Crippen LogP contribution in [-0.2, 0) is 31.2 Å². The van der Waals surface area contributed by atoms with E-state index in [0.717, 1.165) is 0 Å². The van der Waals surface area contributed by atoms with Crippen molar-refractivity contribution in [1.29, 1.82) is 0 Å². The maximum atomic E-state index is 11.4. The molecule has 0 aromatic carbocycles. The molecule has 0 radical (unpaired) electrons. The monoisotopic (exact) mass is 361 g/mol. The van der Waals surface area contributed by atoms with E-state index in [0.29, 0.717) is 0 Å². The van der Waals surface area contributed by atoms with Gasteiger partial charge in [-0.05, 0) is 29.6 Å². The summed E-state index contributed by atoms with van der Waals surface area (Å²) in [6.45, 7) is 4.16. The molecule has 3 unspecified atom stereocenters. The molecule has 19 heavy (non-hydrogen) atoms. The van der Waals surface area contributed by atoms with Gasteiger partial charge in [0.1, 0.15) is 0 Å². The number of hydrogen-bond acceptors (Lipinski definition) is 7. The minimum atomic E-state index is -5.57. The Morgan fingerprint density at radius 2 is 1.32 bits per heavy atom. The number of rotatable bonds is 6. The lowest BCUT2D eigenvalue weighted by Crippen LogP contribution is -2.08. The molecule has 15 heteroatoms. The molecule has 11 nitrogen and oxygen atoms in total. The Bertz CT molecular complexity index is 483. The summed E-state index contributed by atoms with van der Waals surface area (Å²) in [5.74, 6) is 0. The second-order valence-electron chi connectivity index (χ2n) is 4.10. The van der Waals surface area contributed by atoms with Gasteiger partial charge in [-0.1, -0.05) is 0 Å². The quantitative estimate of drug-likeness (QED) is 0.508. The molecule has 0 aliphatic carbocycles. The van der Waals surface area contributed by atoms with Gasteiger partial charge in [-0.15, -0.1) is 0 Å². The third kappa shape index (κ3) is 9.13. The predicted octanol–water partition coefficient (Wildman–Crippen LogP) is 1.87. The molecule has 0 bridgehead atoms. The minimum absolute atomic E-state index is 1.07. The van der Waals surface area contributed by atoms with Crippen LogP contribution in [0.2, 0.25) is 0 Å². The molecule has 0 aliphatic heterocycles. The van der Waals surface area contributed by atoms with E-state index in [1.54, 1.807) is 0 Å². The average Bonchev–Trinajstić information content (AvgIpc) is 1.91. The van der Waals surface area contributed by atoms with E-state index >= 15 is 0 Å². The van der Waals surface area contributed by atoms with Gasteiger partial charge in [-0.25, -0.2) is 13.7 Å². The van der Waals surface area contributed by atoms with Gasteiger partial charge in [0.15, 0.2) is 5.16 Å². The summed E-state index contributed by atoms with van der Waals surface area (Å²) in [7, 11) is -19.1. The lowest BCUT2D eigenvalue weighted by Gasteiger charge is -2.13. The zero-order valence-electron chi connectivity index (χ0n) is 9.94. The first-order valence-electron chi connectivity index (χ1n) is 4.35. The summed E-state index contributed by atoms with van der Waals surface area (Å²) < 4.78 is 54.9. The SMILES string of the molecule is CC(C)(C)[P+](=O)OP(=O)(O)OP(=O)(O)OP(=O)(O)O. The summed E-state index contributed by atoms with van der Waals surface area (Å²) in [6, 6.07) is 0. The van der Waals surface area contributed by atoms with Gasteiger partial charge in [-0.2, -0.15) is 8.62 Å². The highest BCUT2D eigenvalue weighted by atomic mass is 31.3. The topological polar surface area (TPSA) is 177 Å². The number of phosphoric acid groups is 3. The molecule has 0 spiro atoms. The van der Waals surface area contributed by atoms with Crippen molar-refractivity contribution >= 4 is 31.5 Å². The van der Waals surface area contributed by atoms with Crippen molar-refractivity contribution in [3.8, 4) is 0 Å². The van der Waals surface area contributed by atoms with Crippen LogP contribution in [0.1, 0.15) is 20.8 Å². The highest BCUT2D eigenvalue weighted by Crippen LogP contribution is 2.69. The van der Waals surface area contributed by atoms with Crippen molar-refractivity contribution in [2.75, 3.05) is 0 Å². The first-order chi connectivity index (χ1) is 8.04. The van der Waals surface area contributed by atoms with Crippen LogP contribution in [0.15, 0.2) is 0 Å². The van der Waals surface area contributed by atoms with Crippen molar-refractivity contribution < 1.29 is 50.8 Å². The van der Waals surface area contributed by atoms with E-state index in [2.05, 4.69) is 12.9 Å².